The molecule has 0 saturated carbocycles. The molecule has 2 aromatic carbocycles. The van der Waals surface area contributed by atoms with E-state index in [0.717, 1.165) is 11.1 Å². The van der Waals surface area contributed by atoms with Crippen LogP contribution in [0.5, 0.6) is 0 Å². The van der Waals surface area contributed by atoms with E-state index in [9.17, 15) is 14.7 Å². The molecule has 3 rings (SSSR count). The molecule has 2 atom stereocenters. The first kappa shape index (κ1) is 17.2. The van der Waals surface area contributed by atoms with E-state index < -0.39 is 17.9 Å². The maximum atomic E-state index is 13.0. The SMILES string of the molecule is COCCN1C(=O)c2ccccc2C(C(=O)O)C1c1cccc(C)c1. The summed E-state index contributed by atoms with van der Waals surface area (Å²) in [5.74, 6) is -1.90. The molecule has 0 fully saturated rings. The number of amides is 1. The number of carboxylic acids is 1. The number of fused-ring (bicyclic) bond motifs is 1. The number of carbonyl (C=O) groups excluding carboxylic acids is 1. The molecule has 1 aliphatic rings. The van der Waals surface area contributed by atoms with Crippen molar-refractivity contribution >= 4 is 11.9 Å². The summed E-state index contributed by atoms with van der Waals surface area (Å²) in [6.45, 7) is 2.64. The Hall–Kier alpha value is -2.66. The molecule has 0 spiro atoms. The van der Waals surface area contributed by atoms with Crippen LogP contribution in [0, 0.1) is 6.92 Å². The molecule has 0 radical (unpaired) electrons. The van der Waals surface area contributed by atoms with Crippen LogP contribution in [0.1, 0.15) is 39.0 Å². The van der Waals surface area contributed by atoms with Gasteiger partial charge in [0.1, 0.15) is 5.92 Å². The molecule has 1 heterocycles. The lowest BCUT2D eigenvalue weighted by atomic mass is 9.79. The summed E-state index contributed by atoms with van der Waals surface area (Å²) in [6.07, 6.45) is 0. The van der Waals surface area contributed by atoms with Crippen LogP contribution in [0.4, 0.5) is 0 Å². The molecular weight excluding hydrogens is 318 g/mol. The molecule has 0 aromatic heterocycles. The molecule has 0 aliphatic carbocycles. The van der Waals surface area contributed by atoms with E-state index >= 15 is 0 Å². The summed E-state index contributed by atoms with van der Waals surface area (Å²) >= 11 is 0. The molecule has 0 bridgehead atoms. The molecule has 1 aliphatic heterocycles. The number of hydrogen-bond donors (Lipinski definition) is 1. The van der Waals surface area contributed by atoms with Gasteiger partial charge in [0.2, 0.25) is 0 Å². The van der Waals surface area contributed by atoms with Crippen molar-refractivity contribution in [3.05, 3.63) is 70.8 Å². The van der Waals surface area contributed by atoms with Gasteiger partial charge in [-0.2, -0.15) is 0 Å². The Morgan fingerprint density at radius 1 is 1.20 bits per heavy atom. The van der Waals surface area contributed by atoms with Gasteiger partial charge in [-0.05, 0) is 24.1 Å². The third-order valence-electron chi connectivity index (χ3n) is 4.62. The van der Waals surface area contributed by atoms with Gasteiger partial charge in [0.25, 0.3) is 5.91 Å². The van der Waals surface area contributed by atoms with Crippen LogP contribution in [0.15, 0.2) is 48.5 Å². The van der Waals surface area contributed by atoms with Gasteiger partial charge >= 0.3 is 5.97 Å². The van der Waals surface area contributed by atoms with Crippen LogP contribution in [0.25, 0.3) is 0 Å². The van der Waals surface area contributed by atoms with E-state index in [1.807, 2.05) is 31.2 Å². The largest absolute Gasteiger partial charge is 0.481 e. The molecule has 5 nitrogen and oxygen atoms in total. The van der Waals surface area contributed by atoms with Crippen molar-refractivity contribution in [2.45, 2.75) is 18.9 Å². The Kier molecular flexibility index (Phi) is 4.86. The normalized spacial score (nSPS) is 19.6. The van der Waals surface area contributed by atoms with Gasteiger partial charge in [-0.3, -0.25) is 9.59 Å². The van der Waals surface area contributed by atoms with Gasteiger partial charge in [0.05, 0.1) is 12.6 Å². The molecule has 5 heteroatoms. The summed E-state index contributed by atoms with van der Waals surface area (Å²) in [6, 6.07) is 14.1. The monoisotopic (exact) mass is 339 g/mol. The first-order chi connectivity index (χ1) is 12.0. The second kappa shape index (κ2) is 7.07. The summed E-state index contributed by atoms with van der Waals surface area (Å²) in [5, 5.41) is 9.95. The van der Waals surface area contributed by atoms with E-state index in [0.29, 0.717) is 24.3 Å². The smallest absolute Gasteiger partial charge is 0.313 e. The number of aryl methyl sites for hydroxylation is 1. The van der Waals surface area contributed by atoms with Crippen molar-refractivity contribution in [3.8, 4) is 0 Å². The first-order valence-corrected chi connectivity index (χ1v) is 8.22. The fourth-order valence-corrected chi connectivity index (χ4v) is 3.52. The summed E-state index contributed by atoms with van der Waals surface area (Å²) in [5.41, 5.74) is 2.88. The average molecular weight is 339 g/mol. The van der Waals surface area contributed by atoms with Crippen LogP contribution in [-0.2, 0) is 9.53 Å². The van der Waals surface area contributed by atoms with Crippen molar-refractivity contribution in [2.24, 2.45) is 0 Å². The predicted molar refractivity (Wildman–Crippen MR) is 93.7 cm³/mol. The number of methoxy groups -OCH3 is 1. The van der Waals surface area contributed by atoms with Crippen molar-refractivity contribution in [1.29, 1.82) is 0 Å². The number of carbonyl (C=O) groups is 2. The lowest BCUT2D eigenvalue weighted by Crippen LogP contribution is -2.46. The molecule has 1 N–H and O–H groups in total. The highest BCUT2D eigenvalue weighted by Gasteiger charge is 2.43. The Bertz CT molecular complexity index is 802. The number of carboxylic acid groups (broad SMARTS) is 1. The van der Waals surface area contributed by atoms with E-state index in [1.165, 1.54) is 0 Å². The zero-order valence-corrected chi connectivity index (χ0v) is 14.3. The molecule has 2 unspecified atom stereocenters. The summed E-state index contributed by atoms with van der Waals surface area (Å²) < 4.78 is 5.14. The van der Waals surface area contributed by atoms with E-state index in [4.69, 9.17) is 4.74 Å². The van der Waals surface area contributed by atoms with Crippen molar-refractivity contribution < 1.29 is 19.4 Å². The zero-order chi connectivity index (χ0) is 18.0. The zero-order valence-electron chi connectivity index (χ0n) is 14.3. The van der Waals surface area contributed by atoms with Gasteiger partial charge in [-0.25, -0.2) is 0 Å². The van der Waals surface area contributed by atoms with Crippen LogP contribution >= 0.6 is 0 Å². The van der Waals surface area contributed by atoms with Gasteiger partial charge in [0, 0.05) is 19.2 Å². The van der Waals surface area contributed by atoms with Gasteiger partial charge in [-0.1, -0.05) is 48.0 Å². The number of hydrogen-bond acceptors (Lipinski definition) is 3. The second-order valence-electron chi connectivity index (χ2n) is 6.25. The third kappa shape index (κ3) is 3.15. The standard InChI is InChI=1S/C20H21NO4/c1-13-6-5-7-14(12-13)18-17(20(23)24)15-8-3-4-9-16(15)19(22)21(18)10-11-25-2/h3-9,12,17-18H,10-11H2,1-2H3,(H,23,24). The molecule has 0 saturated heterocycles. The highest BCUT2D eigenvalue weighted by Crippen LogP contribution is 2.42. The Morgan fingerprint density at radius 2 is 1.96 bits per heavy atom. The molecule has 1 amide bonds. The van der Waals surface area contributed by atoms with Crippen LogP contribution in [0.2, 0.25) is 0 Å². The van der Waals surface area contributed by atoms with Crippen LogP contribution in [-0.4, -0.2) is 42.1 Å². The molecule has 25 heavy (non-hydrogen) atoms. The Morgan fingerprint density at radius 3 is 2.64 bits per heavy atom. The number of nitrogens with zero attached hydrogens (tertiary/aromatic N) is 1. The van der Waals surface area contributed by atoms with Crippen molar-refractivity contribution in [1.82, 2.24) is 4.90 Å². The number of benzene rings is 2. The summed E-state index contributed by atoms with van der Waals surface area (Å²) in [4.78, 5) is 26.8. The van der Waals surface area contributed by atoms with Crippen molar-refractivity contribution in [2.75, 3.05) is 20.3 Å². The predicted octanol–water partition coefficient (Wildman–Crippen LogP) is 3.01. The lowest BCUT2D eigenvalue weighted by molar-refractivity contribution is -0.140. The van der Waals surface area contributed by atoms with Crippen LogP contribution in [0.3, 0.4) is 0 Å². The molecular formula is C20H21NO4. The molecule has 2 aromatic rings. The van der Waals surface area contributed by atoms with E-state index in [2.05, 4.69) is 0 Å². The number of rotatable bonds is 5. The van der Waals surface area contributed by atoms with Gasteiger partial charge in [0.15, 0.2) is 0 Å². The fraction of sp³-hybridized carbons (Fsp3) is 0.300. The maximum Gasteiger partial charge on any atom is 0.313 e. The first-order valence-electron chi connectivity index (χ1n) is 8.22. The fourth-order valence-electron chi connectivity index (χ4n) is 3.52. The van der Waals surface area contributed by atoms with Gasteiger partial charge < -0.3 is 14.7 Å². The Balaban J connectivity index is 2.18. The minimum absolute atomic E-state index is 0.156. The van der Waals surface area contributed by atoms with Gasteiger partial charge in [-0.15, -0.1) is 0 Å². The Labute approximate surface area is 146 Å². The average Bonchev–Trinajstić information content (AvgIpc) is 2.60. The van der Waals surface area contributed by atoms with Crippen molar-refractivity contribution in [3.63, 3.8) is 0 Å². The third-order valence-corrected chi connectivity index (χ3v) is 4.62. The highest BCUT2D eigenvalue weighted by molar-refractivity contribution is 6.00. The lowest BCUT2D eigenvalue weighted by Gasteiger charge is -2.40. The highest BCUT2D eigenvalue weighted by atomic mass is 16.5. The van der Waals surface area contributed by atoms with Crippen LogP contribution < -0.4 is 0 Å². The second-order valence-corrected chi connectivity index (χ2v) is 6.25. The maximum absolute atomic E-state index is 13.0. The number of aliphatic carboxylic acids is 1. The minimum atomic E-state index is -0.936. The topological polar surface area (TPSA) is 66.8 Å². The quantitative estimate of drug-likeness (QED) is 0.909. The molecule has 130 valence electrons. The summed E-state index contributed by atoms with van der Waals surface area (Å²) in [7, 11) is 1.57. The van der Waals surface area contributed by atoms with E-state index in [1.54, 1.807) is 36.3 Å². The minimum Gasteiger partial charge on any atom is -0.481 e. The number of ether oxygens (including phenoxy) is 1. The van der Waals surface area contributed by atoms with E-state index in [-0.39, 0.29) is 5.91 Å².